The second kappa shape index (κ2) is 11.6. The van der Waals surface area contributed by atoms with Gasteiger partial charge in [0, 0.05) is 5.56 Å². The molecule has 0 heterocycles. The molecule has 0 bridgehead atoms. The number of benzene rings is 4. The maximum Gasteiger partial charge on any atom is 0.343 e. The van der Waals surface area contributed by atoms with Crippen molar-refractivity contribution in [2.75, 3.05) is 0 Å². The van der Waals surface area contributed by atoms with Crippen molar-refractivity contribution >= 4 is 18.1 Å². The fourth-order valence-corrected chi connectivity index (χ4v) is 3.37. The Kier molecular flexibility index (Phi) is 7.88. The van der Waals surface area contributed by atoms with Gasteiger partial charge in [-0.05, 0) is 85.1 Å². The zero-order chi connectivity index (χ0) is 25.3. The molecule has 0 aromatic heterocycles. The van der Waals surface area contributed by atoms with E-state index in [9.17, 15) is 9.59 Å². The Labute approximate surface area is 210 Å². The summed E-state index contributed by atoms with van der Waals surface area (Å²) in [7, 11) is 0. The summed E-state index contributed by atoms with van der Waals surface area (Å²) in [5, 5.41) is 4.01. The molecule has 6 heteroatoms. The van der Waals surface area contributed by atoms with Crippen molar-refractivity contribution in [3.8, 4) is 11.5 Å². The van der Waals surface area contributed by atoms with Gasteiger partial charge in [-0.2, -0.15) is 5.10 Å². The zero-order valence-corrected chi connectivity index (χ0v) is 20.1. The fraction of sp³-hybridized carbons (Fsp3) is 0.100. The second-order valence-electron chi connectivity index (χ2n) is 8.27. The molecule has 1 amide bonds. The molecule has 4 aromatic carbocycles. The first-order chi connectivity index (χ1) is 17.5. The Bertz CT molecular complexity index is 1360. The minimum atomic E-state index is -0.409. The summed E-state index contributed by atoms with van der Waals surface area (Å²) in [6, 6.07) is 29.1. The van der Waals surface area contributed by atoms with E-state index in [0.717, 1.165) is 16.7 Å². The van der Waals surface area contributed by atoms with Crippen LogP contribution in [-0.2, 0) is 6.61 Å². The van der Waals surface area contributed by atoms with Crippen LogP contribution in [0.3, 0.4) is 0 Å². The number of nitrogens with zero attached hydrogens (tertiary/aromatic N) is 1. The topological polar surface area (TPSA) is 77.0 Å². The summed E-state index contributed by atoms with van der Waals surface area (Å²) in [5.41, 5.74) is 7.37. The molecule has 0 saturated carbocycles. The molecule has 0 radical (unpaired) electrons. The van der Waals surface area contributed by atoms with Crippen molar-refractivity contribution in [1.29, 1.82) is 0 Å². The van der Waals surface area contributed by atoms with Crippen molar-refractivity contribution in [2.45, 2.75) is 20.5 Å². The molecule has 0 unspecified atom stereocenters. The third-order valence-electron chi connectivity index (χ3n) is 5.48. The van der Waals surface area contributed by atoms with Gasteiger partial charge in [-0.1, -0.05) is 48.0 Å². The third-order valence-corrected chi connectivity index (χ3v) is 5.48. The van der Waals surface area contributed by atoms with Crippen LogP contribution in [0.15, 0.2) is 102 Å². The summed E-state index contributed by atoms with van der Waals surface area (Å²) in [4.78, 5) is 24.7. The first-order valence-corrected chi connectivity index (χ1v) is 11.5. The highest BCUT2D eigenvalue weighted by Gasteiger charge is 2.10. The first kappa shape index (κ1) is 24.4. The highest BCUT2D eigenvalue weighted by Crippen LogP contribution is 2.16. The molecule has 0 aliphatic carbocycles. The van der Waals surface area contributed by atoms with Gasteiger partial charge in [-0.15, -0.1) is 0 Å². The van der Waals surface area contributed by atoms with E-state index in [1.807, 2.05) is 50.2 Å². The van der Waals surface area contributed by atoms with Gasteiger partial charge in [0.15, 0.2) is 0 Å². The number of carbonyl (C=O) groups is 2. The summed E-state index contributed by atoms with van der Waals surface area (Å²) < 4.78 is 11.2. The molecular formula is C30H26N2O4. The van der Waals surface area contributed by atoms with Crippen LogP contribution >= 0.6 is 0 Å². The lowest BCUT2D eigenvalue weighted by molar-refractivity contribution is 0.0733. The van der Waals surface area contributed by atoms with Gasteiger partial charge in [-0.3, -0.25) is 4.79 Å². The third kappa shape index (κ3) is 6.67. The van der Waals surface area contributed by atoms with E-state index in [0.29, 0.717) is 29.2 Å². The molecule has 0 saturated heterocycles. The Morgan fingerprint density at radius 1 is 0.806 bits per heavy atom. The molecular weight excluding hydrogens is 452 g/mol. The van der Waals surface area contributed by atoms with Crippen molar-refractivity contribution in [3.63, 3.8) is 0 Å². The van der Waals surface area contributed by atoms with Crippen LogP contribution in [0.5, 0.6) is 11.5 Å². The SMILES string of the molecule is Cc1ccc(COc2ccc(C(=O)N/N=C\c3ccc(OC(=O)c4ccccc4C)cc3)cc2)cc1. The van der Waals surface area contributed by atoms with Gasteiger partial charge in [0.1, 0.15) is 18.1 Å². The Balaban J connectivity index is 1.26. The standard InChI is InChI=1S/C30H26N2O4/c1-21-7-9-24(10-8-21)20-35-26-17-13-25(14-18-26)29(33)32-31-19-23-11-15-27(16-12-23)36-30(34)28-6-4-3-5-22(28)2/h3-19H,20H2,1-2H3,(H,32,33)/b31-19-. The number of carbonyl (C=O) groups excluding carboxylic acids is 2. The van der Waals surface area contributed by atoms with Gasteiger partial charge in [-0.25, -0.2) is 10.2 Å². The lowest BCUT2D eigenvalue weighted by Crippen LogP contribution is -2.17. The largest absolute Gasteiger partial charge is 0.489 e. The molecule has 36 heavy (non-hydrogen) atoms. The minimum Gasteiger partial charge on any atom is -0.489 e. The van der Waals surface area contributed by atoms with Crippen LogP contribution < -0.4 is 14.9 Å². The van der Waals surface area contributed by atoms with Gasteiger partial charge < -0.3 is 9.47 Å². The number of ether oxygens (including phenoxy) is 2. The number of amides is 1. The van der Waals surface area contributed by atoms with E-state index in [4.69, 9.17) is 9.47 Å². The van der Waals surface area contributed by atoms with E-state index in [2.05, 4.69) is 10.5 Å². The average molecular weight is 479 g/mol. The Hall–Kier alpha value is -4.71. The molecule has 180 valence electrons. The maximum absolute atomic E-state index is 12.4. The maximum atomic E-state index is 12.4. The van der Waals surface area contributed by atoms with Crippen LogP contribution in [0.2, 0.25) is 0 Å². The highest BCUT2D eigenvalue weighted by molar-refractivity contribution is 5.95. The highest BCUT2D eigenvalue weighted by atomic mass is 16.5. The van der Waals surface area contributed by atoms with Gasteiger partial charge in [0.05, 0.1) is 11.8 Å². The summed E-state index contributed by atoms with van der Waals surface area (Å²) in [6.45, 7) is 4.36. The molecule has 4 aromatic rings. The molecule has 0 spiro atoms. The van der Waals surface area contributed by atoms with Crippen molar-refractivity contribution in [1.82, 2.24) is 5.43 Å². The molecule has 0 atom stereocenters. The molecule has 6 nitrogen and oxygen atoms in total. The smallest absolute Gasteiger partial charge is 0.343 e. The van der Waals surface area contributed by atoms with E-state index >= 15 is 0 Å². The second-order valence-corrected chi connectivity index (χ2v) is 8.27. The van der Waals surface area contributed by atoms with Crippen LogP contribution in [-0.4, -0.2) is 18.1 Å². The average Bonchev–Trinajstić information content (AvgIpc) is 2.90. The number of esters is 1. The normalized spacial score (nSPS) is 10.7. The van der Waals surface area contributed by atoms with Crippen LogP contribution in [0.1, 0.15) is 43.0 Å². The zero-order valence-electron chi connectivity index (χ0n) is 20.1. The van der Waals surface area contributed by atoms with Crippen molar-refractivity contribution in [3.05, 3.63) is 130 Å². The molecule has 0 aliphatic heterocycles. The monoisotopic (exact) mass is 478 g/mol. The minimum absolute atomic E-state index is 0.333. The summed E-state index contributed by atoms with van der Waals surface area (Å²) >= 11 is 0. The molecule has 0 fully saturated rings. The summed E-state index contributed by atoms with van der Waals surface area (Å²) in [6.07, 6.45) is 1.52. The number of hydrogen-bond donors (Lipinski definition) is 1. The molecule has 1 N–H and O–H groups in total. The van der Waals surface area contributed by atoms with Gasteiger partial charge in [0.2, 0.25) is 0 Å². The van der Waals surface area contributed by atoms with Crippen molar-refractivity contribution < 1.29 is 19.1 Å². The molecule has 4 rings (SSSR count). The number of hydrogen-bond acceptors (Lipinski definition) is 5. The van der Waals surface area contributed by atoms with Crippen molar-refractivity contribution in [2.24, 2.45) is 5.10 Å². The van der Waals surface area contributed by atoms with E-state index in [1.54, 1.807) is 60.7 Å². The predicted octanol–water partition coefficient (Wildman–Crippen LogP) is 5.87. The van der Waals surface area contributed by atoms with E-state index in [1.165, 1.54) is 11.8 Å². The van der Waals surface area contributed by atoms with E-state index in [-0.39, 0.29) is 5.91 Å². The lowest BCUT2D eigenvalue weighted by Gasteiger charge is -2.07. The predicted molar refractivity (Wildman–Crippen MR) is 140 cm³/mol. The quantitative estimate of drug-likeness (QED) is 0.149. The van der Waals surface area contributed by atoms with Crippen LogP contribution in [0, 0.1) is 13.8 Å². The number of nitrogens with one attached hydrogen (secondary N) is 1. The number of aryl methyl sites for hydroxylation is 2. The van der Waals surface area contributed by atoms with Crippen LogP contribution in [0.25, 0.3) is 0 Å². The van der Waals surface area contributed by atoms with Crippen LogP contribution in [0.4, 0.5) is 0 Å². The van der Waals surface area contributed by atoms with Gasteiger partial charge >= 0.3 is 5.97 Å². The number of rotatable bonds is 8. The lowest BCUT2D eigenvalue weighted by atomic mass is 10.1. The first-order valence-electron chi connectivity index (χ1n) is 11.5. The number of hydrazone groups is 1. The Morgan fingerprint density at radius 3 is 2.17 bits per heavy atom. The fourth-order valence-electron chi connectivity index (χ4n) is 3.37. The molecule has 0 aliphatic rings. The summed E-state index contributed by atoms with van der Waals surface area (Å²) in [5.74, 6) is 0.362. The van der Waals surface area contributed by atoms with Gasteiger partial charge in [0.25, 0.3) is 5.91 Å². The van der Waals surface area contributed by atoms with E-state index < -0.39 is 5.97 Å². The Morgan fingerprint density at radius 2 is 1.47 bits per heavy atom.